The molecule has 3 heterocycles. The molecule has 0 N–H and O–H groups in total. The molecule has 0 saturated carbocycles. The third kappa shape index (κ3) is 3.23. The number of hydrogen-bond donors (Lipinski definition) is 0. The number of ketones is 1. The van der Waals surface area contributed by atoms with E-state index in [0.717, 1.165) is 11.3 Å². The quantitative estimate of drug-likeness (QED) is 0.366. The minimum Gasteiger partial charge on any atom is -0.478 e. The molecule has 0 spiro atoms. The number of non-ortho nitro benzene ring substituents is 1. The third-order valence-corrected chi connectivity index (χ3v) is 5.02. The summed E-state index contributed by atoms with van der Waals surface area (Å²) < 4.78 is 17.2. The number of fused-ring (bicyclic) bond motifs is 3. The minimum absolute atomic E-state index is 0.0494. The Kier molecular flexibility index (Phi) is 4.33. The average Bonchev–Trinajstić information content (AvgIpc) is 3.37. The molecule has 150 valence electrons. The van der Waals surface area contributed by atoms with Gasteiger partial charge in [0.25, 0.3) is 5.69 Å². The van der Waals surface area contributed by atoms with E-state index in [4.69, 9.17) is 13.9 Å². The number of nitrogens with zero attached hydrogens (tertiary/aromatic N) is 2. The van der Waals surface area contributed by atoms with Gasteiger partial charge in [0.15, 0.2) is 5.76 Å². The highest BCUT2D eigenvalue weighted by Crippen LogP contribution is 2.42. The number of furan rings is 1. The highest BCUT2D eigenvalue weighted by molar-refractivity contribution is 6.15. The Labute approximate surface area is 171 Å². The van der Waals surface area contributed by atoms with Crippen molar-refractivity contribution in [3.63, 3.8) is 0 Å². The van der Waals surface area contributed by atoms with Crippen molar-refractivity contribution in [1.29, 1.82) is 0 Å². The van der Waals surface area contributed by atoms with Gasteiger partial charge in [-0.15, -0.1) is 0 Å². The SMILES string of the molecule is O=C1/C(=C/c2cccc([N+](=O)[O-])c2)Oc2c1ccc1c2CN(Cc2ccco2)CO1. The summed E-state index contributed by atoms with van der Waals surface area (Å²) >= 11 is 0. The van der Waals surface area contributed by atoms with E-state index in [1.54, 1.807) is 30.5 Å². The number of carbonyl (C=O) groups excluding carboxylic acids is 1. The Balaban J connectivity index is 1.44. The molecule has 8 heteroatoms. The molecule has 0 aliphatic carbocycles. The molecule has 3 aromatic rings. The van der Waals surface area contributed by atoms with Crippen LogP contribution in [0.2, 0.25) is 0 Å². The Morgan fingerprint density at radius 2 is 2.07 bits per heavy atom. The van der Waals surface area contributed by atoms with E-state index in [0.29, 0.717) is 42.4 Å². The maximum Gasteiger partial charge on any atom is 0.270 e. The summed E-state index contributed by atoms with van der Waals surface area (Å²) in [6.07, 6.45) is 3.14. The van der Waals surface area contributed by atoms with E-state index in [2.05, 4.69) is 0 Å². The van der Waals surface area contributed by atoms with Crippen LogP contribution in [0.1, 0.15) is 27.2 Å². The molecule has 0 radical (unpaired) electrons. The molecule has 8 nitrogen and oxygen atoms in total. The fourth-order valence-corrected chi connectivity index (χ4v) is 3.61. The van der Waals surface area contributed by atoms with Crippen molar-refractivity contribution in [2.45, 2.75) is 13.1 Å². The minimum atomic E-state index is -0.477. The Morgan fingerprint density at radius 1 is 1.17 bits per heavy atom. The number of nitro benzene ring substituents is 1. The van der Waals surface area contributed by atoms with Crippen LogP contribution in [0.15, 0.2) is 65.0 Å². The first-order chi connectivity index (χ1) is 14.6. The van der Waals surface area contributed by atoms with Crippen LogP contribution < -0.4 is 9.47 Å². The molecule has 0 bridgehead atoms. The number of allylic oxidation sites excluding steroid dienone is 1. The van der Waals surface area contributed by atoms with E-state index in [9.17, 15) is 14.9 Å². The highest BCUT2D eigenvalue weighted by atomic mass is 16.6. The molecule has 0 saturated heterocycles. The first-order valence-corrected chi connectivity index (χ1v) is 9.30. The fraction of sp³-hybridized carbons (Fsp3) is 0.136. The Morgan fingerprint density at radius 3 is 2.87 bits per heavy atom. The first kappa shape index (κ1) is 18.1. The fourth-order valence-electron chi connectivity index (χ4n) is 3.61. The van der Waals surface area contributed by atoms with Gasteiger partial charge in [-0.2, -0.15) is 0 Å². The van der Waals surface area contributed by atoms with E-state index >= 15 is 0 Å². The summed E-state index contributed by atoms with van der Waals surface area (Å²) in [5.74, 6) is 1.83. The number of ether oxygens (including phenoxy) is 2. The number of nitro groups is 1. The van der Waals surface area contributed by atoms with Crippen LogP contribution in [-0.4, -0.2) is 22.3 Å². The van der Waals surface area contributed by atoms with Crippen LogP contribution in [0.3, 0.4) is 0 Å². The summed E-state index contributed by atoms with van der Waals surface area (Å²) in [5, 5.41) is 11.0. The zero-order valence-electron chi connectivity index (χ0n) is 15.7. The second kappa shape index (κ2) is 7.16. The van der Waals surface area contributed by atoms with Crippen molar-refractivity contribution in [2.75, 3.05) is 6.73 Å². The lowest BCUT2D eigenvalue weighted by molar-refractivity contribution is -0.384. The zero-order valence-corrected chi connectivity index (χ0v) is 15.7. The smallest absolute Gasteiger partial charge is 0.270 e. The van der Waals surface area contributed by atoms with Gasteiger partial charge in [-0.3, -0.25) is 19.8 Å². The normalized spacial score (nSPS) is 16.7. The number of benzene rings is 2. The summed E-state index contributed by atoms with van der Waals surface area (Å²) in [7, 11) is 0. The van der Waals surface area contributed by atoms with Gasteiger partial charge in [-0.05, 0) is 35.9 Å². The van der Waals surface area contributed by atoms with E-state index in [-0.39, 0.29) is 17.2 Å². The summed E-state index contributed by atoms with van der Waals surface area (Å²) in [5.41, 5.74) is 1.71. The molecule has 0 atom stereocenters. The number of hydrogen-bond acceptors (Lipinski definition) is 7. The van der Waals surface area contributed by atoms with Crippen molar-refractivity contribution in [3.8, 4) is 11.5 Å². The van der Waals surface area contributed by atoms with Crippen LogP contribution in [0.25, 0.3) is 6.08 Å². The van der Waals surface area contributed by atoms with Crippen molar-refractivity contribution in [3.05, 3.63) is 93.1 Å². The van der Waals surface area contributed by atoms with E-state index < -0.39 is 4.92 Å². The van der Waals surface area contributed by atoms with Gasteiger partial charge in [0.05, 0.1) is 28.9 Å². The molecule has 30 heavy (non-hydrogen) atoms. The molecule has 0 fully saturated rings. The summed E-state index contributed by atoms with van der Waals surface area (Å²) in [6.45, 7) is 1.51. The number of rotatable bonds is 4. The second-order valence-electron chi connectivity index (χ2n) is 7.05. The van der Waals surface area contributed by atoms with Crippen molar-refractivity contribution < 1.29 is 23.6 Å². The highest BCUT2D eigenvalue weighted by Gasteiger charge is 2.33. The van der Waals surface area contributed by atoms with Gasteiger partial charge in [0, 0.05) is 18.7 Å². The molecule has 0 unspecified atom stereocenters. The molecule has 2 aromatic carbocycles. The van der Waals surface area contributed by atoms with Crippen molar-refractivity contribution in [2.24, 2.45) is 0 Å². The van der Waals surface area contributed by atoms with Crippen LogP contribution in [-0.2, 0) is 13.1 Å². The van der Waals surface area contributed by atoms with Gasteiger partial charge < -0.3 is 13.9 Å². The van der Waals surface area contributed by atoms with Crippen molar-refractivity contribution >= 4 is 17.5 Å². The predicted octanol–water partition coefficient (Wildman–Crippen LogP) is 4.16. The van der Waals surface area contributed by atoms with Gasteiger partial charge in [-0.1, -0.05) is 12.1 Å². The molecule has 1 aromatic heterocycles. The molecular weight excluding hydrogens is 388 g/mol. The van der Waals surface area contributed by atoms with Gasteiger partial charge in [0.2, 0.25) is 5.78 Å². The molecular formula is C22H16N2O6. The zero-order chi connectivity index (χ0) is 20.7. The summed E-state index contributed by atoms with van der Waals surface area (Å²) in [6, 6.07) is 13.2. The van der Waals surface area contributed by atoms with Crippen LogP contribution in [0, 0.1) is 10.1 Å². The standard InChI is InChI=1S/C22H16N2O6/c25-21-17-6-7-19-18(12-23(13-29-19)11-16-5-2-8-28-16)22(17)30-20(21)10-14-3-1-4-15(9-14)24(26)27/h1-10H,11-13H2/b20-10-. The Bertz CT molecular complexity index is 1180. The molecule has 2 aliphatic heterocycles. The lowest BCUT2D eigenvalue weighted by Crippen LogP contribution is -2.31. The Hall–Kier alpha value is -3.91. The lowest BCUT2D eigenvalue weighted by Gasteiger charge is -2.29. The van der Waals surface area contributed by atoms with Crippen LogP contribution in [0.5, 0.6) is 11.5 Å². The average molecular weight is 404 g/mol. The third-order valence-electron chi connectivity index (χ3n) is 5.02. The molecule has 2 aliphatic rings. The monoisotopic (exact) mass is 404 g/mol. The first-order valence-electron chi connectivity index (χ1n) is 9.30. The predicted molar refractivity (Wildman–Crippen MR) is 106 cm³/mol. The maximum absolute atomic E-state index is 12.8. The van der Waals surface area contributed by atoms with Gasteiger partial charge in [-0.25, -0.2) is 0 Å². The van der Waals surface area contributed by atoms with E-state index in [1.165, 1.54) is 18.2 Å². The molecule has 5 rings (SSSR count). The number of carbonyl (C=O) groups is 1. The largest absolute Gasteiger partial charge is 0.478 e. The summed E-state index contributed by atoms with van der Waals surface area (Å²) in [4.78, 5) is 25.4. The topological polar surface area (TPSA) is 95.0 Å². The van der Waals surface area contributed by atoms with E-state index in [1.807, 2.05) is 17.0 Å². The maximum atomic E-state index is 12.8. The van der Waals surface area contributed by atoms with Gasteiger partial charge >= 0.3 is 0 Å². The van der Waals surface area contributed by atoms with Crippen LogP contribution >= 0.6 is 0 Å². The number of Topliss-reactive ketones (excluding diaryl/α,β-unsaturated/α-hetero) is 1. The lowest BCUT2D eigenvalue weighted by atomic mass is 10.0. The second-order valence-corrected chi connectivity index (χ2v) is 7.05. The van der Waals surface area contributed by atoms with Crippen LogP contribution in [0.4, 0.5) is 5.69 Å². The van der Waals surface area contributed by atoms with Gasteiger partial charge in [0.1, 0.15) is 24.0 Å². The van der Waals surface area contributed by atoms with Crippen molar-refractivity contribution in [1.82, 2.24) is 4.90 Å². The molecule has 0 amide bonds.